The van der Waals surface area contributed by atoms with E-state index in [1.54, 1.807) is 0 Å². The molecule has 0 fully saturated rings. The summed E-state index contributed by atoms with van der Waals surface area (Å²) in [5.41, 5.74) is 1.15. The smallest absolute Gasteiger partial charge is 0.106 e. The van der Waals surface area contributed by atoms with Crippen molar-refractivity contribution in [1.82, 2.24) is 0 Å². The summed E-state index contributed by atoms with van der Waals surface area (Å²) >= 11 is 3.21. The molecule has 1 aliphatic heterocycles. The predicted molar refractivity (Wildman–Crippen MR) is 55.7 cm³/mol. The number of allylic oxidation sites excluding steroid dienone is 4. The minimum Gasteiger partial charge on any atom is -0.192 e. The van der Waals surface area contributed by atoms with Crippen LogP contribution in [0.25, 0.3) is 0 Å². The van der Waals surface area contributed by atoms with E-state index in [1.807, 2.05) is 12.2 Å². The molecule has 52 valence electrons. The van der Waals surface area contributed by atoms with Gasteiger partial charge in [-0.1, -0.05) is 48.8 Å². The van der Waals surface area contributed by atoms with Crippen molar-refractivity contribution in [1.29, 1.82) is 5.26 Å². The van der Waals surface area contributed by atoms with Crippen LogP contribution in [0, 0.1) is 11.3 Å². The maximum absolute atomic E-state index is 8.64. The van der Waals surface area contributed by atoms with E-state index in [-0.39, 0.29) is 20.7 Å². The van der Waals surface area contributed by atoms with Gasteiger partial charge >= 0.3 is 0 Å². The number of halogens is 2. The lowest BCUT2D eigenvalue weighted by Gasteiger charge is -1.99. The van der Waals surface area contributed by atoms with Gasteiger partial charge in [-0.2, -0.15) is 5.26 Å². The molecule has 0 N–H and O–H groups in total. The highest BCUT2D eigenvalue weighted by Gasteiger charge is 2.00. The van der Waals surface area contributed by atoms with Gasteiger partial charge in [-0.15, -0.1) is 0 Å². The SMILES string of the molecule is N#CC1=C(CBr)C=CC=I1. The lowest BCUT2D eigenvalue weighted by atomic mass is 10.3. The number of nitriles is 1. The molecule has 0 aromatic carbocycles. The summed E-state index contributed by atoms with van der Waals surface area (Å²) in [6, 6.07) is 2.22. The molecule has 0 bridgehead atoms. The number of alkyl halides is 1. The van der Waals surface area contributed by atoms with Gasteiger partial charge < -0.3 is 0 Å². The van der Waals surface area contributed by atoms with Crippen molar-refractivity contribution in [2.24, 2.45) is 0 Å². The van der Waals surface area contributed by atoms with Gasteiger partial charge in [0.15, 0.2) is 0 Å². The Bertz CT molecular complexity index is 257. The summed E-state index contributed by atoms with van der Waals surface area (Å²) in [6.07, 6.45) is 4.03. The van der Waals surface area contributed by atoms with Gasteiger partial charge in [-0.3, -0.25) is 0 Å². The van der Waals surface area contributed by atoms with Gasteiger partial charge in [-0.05, 0) is 9.58 Å². The van der Waals surface area contributed by atoms with Gasteiger partial charge in [0.2, 0.25) is 0 Å². The zero-order chi connectivity index (χ0) is 7.40. The molecule has 0 aromatic heterocycles. The van der Waals surface area contributed by atoms with Crippen LogP contribution in [0.1, 0.15) is 0 Å². The van der Waals surface area contributed by atoms with Gasteiger partial charge in [0.25, 0.3) is 0 Å². The van der Waals surface area contributed by atoms with Crippen LogP contribution in [0.15, 0.2) is 21.3 Å². The van der Waals surface area contributed by atoms with E-state index in [2.05, 4.69) is 26.0 Å². The van der Waals surface area contributed by atoms with Crippen LogP contribution in [0.2, 0.25) is 0 Å². The van der Waals surface area contributed by atoms with E-state index in [0.717, 1.165) is 14.5 Å². The van der Waals surface area contributed by atoms with E-state index >= 15 is 0 Å². The number of rotatable bonds is 1. The molecule has 1 aliphatic rings. The molecule has 0 saturated heterocycles. The molecule has 0 unspecified atom stereocenters. The van der Waals surface area contributed by atoms with Crippen LogP contribution in [0.5, 0.6) is 0 Å². The zero-order valence-corrected chi connectivity index (χ0v) is 8.89. The third-order valence-electron chi connectivity index (χ3n) is 1.07. The maximum Gasteiger partial charge on any atom is 0.106 e. The Kier molecular flexibility index (Phi) is 3.29. The molecule has 0 amide bonds. The normalized spacial score (nSPS) is 16.4. The molecule has 10 heavy (non-hydrogen) atoms. The Morgan fingerprint density at radius 2 is 2.50 bits per heavy atom. The first-order valence-electron chi connectivity index (χ1n) is 2.71. The Hall–Kier alpha value is 0.0500. The molecule has 0 atom stereocenters. The Morgan fingerprint density at radius 1 is 1.70 bits per heavy atom. The Balaban J connectivity index is 3.01. The Morgan fingerprint density at radius 3 is 3.00 bits per heavy atom. The van der Waals surface area contributed by atoms with Crippen LogP contribution in [-0.4, -0.2) is 9.34 Å². The lowest BCUT2D eigenvalue weighted by Crippen LogP contribution is -1.85. The van der Waals surface area contributed by atoms with Crippen molar-refractivity contribution >= 4 is 40.7 Å². The highest BCUT2D eigenvalue weighted by molar-refractivity contribution is 14.2. The first-order chi connectivity index (χ1) is 4.88. The van der Waals surface area contributed by atoms with Crippen molar-refractivity contribution < 1.29 is 0 Å². The number of nitrogens with zero attached hydrogens (tertiary/aromatic N) is 1. The fraction of sp³-hybridized carbons (Fsp3) is 0.143. The van der Waals surface area contributed by atoms with Crippen molar-refractivity contribution in [2.75, 3.05) is 5.33 Å². The van der Waals surface area contributed by atoms with E-state index < -0.39 is 0 Å². The van der Waals surface area contributed by atoms with E-state index in [0.29, 0.717) is 0 Å². The summed E-state index contributed by atoms with van der Waals surface area (Å²) in [5, 5.41) is 9.44. The highest BCUT2D eigenvalue weighted by atomic mass is 127. The number of hydrogen-bond donors (Lipinski definition) is 0. The fourth-order valence-corrected chi connectivity index (χ4v) is 3.27. The quantitative estimate of drug-likeness (QED) is 0.539. The van der Waals surface area contributed by atoms with Gasteiger partial charge in [0, 0.05) is 5.33 Å². The van der Waals surface area contributed by atoms with Crippen LogP contribution < -0.4 is 0 Å². The third-order valence-corrected chi connectivity index (χ3v) is 4.00. The standard InChI is InChI=1S/C7H5BrIN/c8-4-6-2-1-3-9-7(6)5-10/h1-3H,4H2. The van der Waals surface area contributed by atoms with E-state index in [4.69, 9.17) is 5.26 Å². The topological polar surface area (TPSA) is 23.8 Å². The van der Waals surface area contributed by atoms with Crippen LogP contribution in [0.3, 0.4) is 0 Å². The largest absolute Gasteiger partial charge is 0.192 e. The summed E-state index contributed by atoms with van der Waals surface area (Å²) in [7, 11) is 0. The molecule has 1 heterocycles. The molecular weight excluding hydrogens is 305 g/mol. The molecule has 1 nitrogen and oxygen atoms in total. The Labute approximate surface area is 78.3 Å². The van der Waals surface area contributed by atoms with Crippen molar-refractivity contribution in [2.45, 2.75) is 0 Å². The lowest BCUT2D eigenvalue weighted by molar-refractivity contribution is 1.49. The average molecular weight is 310 g/mol. The second-order valence-corrected chi connectivity index (χ2v) is 4.66. The minimum absolute atomic E-state index is 0.121. The second-order valence-electron chi connectivity index (χ2n) is 1.68. The van der Waals surface area contributed by atoms with Gasteiger partial charge in [0.1, 0.15) is 6.07 Å². The average Bonchev–Trinajstić information content (AvgIpc) is 2.04. The molecule has 1 rings (SSSR count). The maximum atomic E-state index is 8.64. The third kappa shape index (κ3) is 1.77. The summed E-state index contributed by atoms with van der Waals surface area (Å²) in [6.45, 7) is 0. The van der Waals surface area contributed by atoms with E-state index in [1.165, 1.54) is 0 Å². The molecule has 0 saturated carbocycles. The summed E-state index contributed by atoms with van der Waals surface area (Å²) in [4.78, 5) is 0. The minimum atomic E-state index is -0.121. The summed E-state index contributed by atoms with van der Waals surface area (Å²) < 4.78 is 3.09. The monoisotopic (exact) mass is 309 g/mol. The number of hydrogen-bond acceptors (Lipinski definition) is 1. The van der Waals surface area contributed by atoms with Crippen LogP contribution >= 0.6 is 36.7 Å². The van der Waals surface area contributed by atoms with Gasteiger partial charge in [-0.25, -0.2) is 0 Å². The molecular formula is C7H5BrIN. The molecule has 0 radical (unpaired) electrons. The van der Waals surface area contributed by atoms with Crippen LogP contribution in [0.4, 0.5) is 0 Å². The molecule has 0 aromatic rings. The predicted octanol–water partition coefficient (Wildman–Crippen LogP) is 2.50. The molecule has 0 spiro atoms. The van der Waals surface area contributed by atoms with Crippen molar-refractivity contribution in [3.63, 3.8) is 0 Å². The first kappa shape index (κ1) is 8.15. The van der Waals surface area contributed by atoms with Gasteiger partial charge in [0.05, 0.1) is 3.58 Å². The highest BCUT2D eigenvalue weighted by Crippen LogP contribution is 2.23. The van der Waals surface area contributed by atoms with Crippen molar-refractivity contribution in [3.8, 4) is 6.07 Å². The first-order valence-corrected chi connectivity index (χ1v) is 6.15. The van der Waals surface area contributed by atoms with E-state index in [9.17, 15) is 0 Å². The summed E-state index contributed by atoms with van der Waals surface area (Å²) in [5.74, 6) is 0. The molecule has 3 heteroatoms. The zero-order valence-electron chi connectivity index (χ0n) is 5.14. The van der Waals surface area contributed by atoms with Crippen LogP contribution in [-0.2, 0) is 0 Å². The van der Waals surface area contributed by atoms with Crippen molar-refractivity contribution in [3.05, 3.63) is 21.3 Å². The molecule has 0 aliphatic carbocycles. The fourth-order valence-electron chi connectivity index (χ4n) is 0.595. The second kappa shape index (κ2) is 4.04.